The summed E-state index contributed by atoms with van der Waals surface area (Å²) in [6, 6.07) is 9.65. The molecule has 0 aliphatic heterocycles. The maximum absolute atomic E-state index is 13.5. The summed E-state index contributed by atoms with van der Waals surface area (Å²) >= 11 is 3.35. The zero-order valence-corrected chi connectivity index (χ0v) is 13.6. The van der Waals surface area contributed by atoms with Crippen LogP contribution in [0.15, 0.2) is 45.8 Å². The predicted octanol–water partition coefficient (Wildman–Crippen LogP) is 2.96. The van der Waals surface area contributed by atoms with Crippen LogP contribution in [0.3, 0.4) is 0 Å². The Bertz CT molecular complexity index is 755. The van der Waals surface area contributed by atoms with Crippen LogP contribution in [0.25, 0.3) is 0 Å². The van der Waals surface area contributed by atoms with Crippen molar-refractivity contribution in [3.05, 3.63) is 57.8 Å². The van der Waals surface area contributed by atoms with E-state index in [1.165, 1.54) is 13.0 Å². The molecule has 0 fully saturated rings. The second-order valence-corrected chi connectivity index (χ2v) is 7.18. The topological polar surface area (TPSA) is 72.2 Å². The van der Waals surface area contributed by atoms with Gasteiger partial charge in [0.15, 0.2) is 0 Å². The Labute approximate surface area is 131 Å². The molecule has 0 heterocycles. The lowest BCUT2D eigenvalue weighted by molar-refractivity contribution is 0.580. The van der Waals surface area contributed by atoms with Gasteiger partial charge in [-0.2, -0.15) is 0 Å². The average molecular weight is 373 g/mol. The second kappa shape index (κ2) is 6.13. The van der Waals surface area contributed by atoms with Gasteiger partial charge in [0.25, 0.3) is 0 Å². The molecule has 0 atom stereocenters. The quantitative estimate of drug-likeness (QED) is 0.810. The first-order valence-electron chi connectivity index (χ1n) is 6.10. The van der Waals surface area contributed by atoms with Gasteiger partial charge in [-0.1, -0.05) is 34.1 Å². The van der Waals surface area contributed by atoms with Gasteiger partial charge >= 0.3 is 0 Å². The molecule has 0 saturated carbocycles. The SMILES string of the molecule is Cc1cc(S(=O)(=O)NCc2ccccc2Br)cc(N)c1F. The summed E-state index contributed by atoms with van der Waals surface area (Å²) in [5, 5.41) is 0. The van der Waals surface area contributed by atoms with Gasteiger partial charge in [0, 0.05) is 11.0 Å². The smallest absolute Gasteiger partial charge is 0.240 e. The number of aryl methyl sites for hydroxylation is 1. The van der Waals surface area contributed by atoms with Crippen LogP contribution in [-0.4, -0.2) is 8.42 Å². The van der Waals surface area contributed by atoms with Crippen LogP contribution in [0.5, 0.6) is 0 Å². The normalized spacial score (nSPS) is 11.6. The third-order valence-electron chi connectivity index (χ3n) is 2.98. The van der Waals surface area contributed by atoms with Gasteiger partial charge in [-0.3, -0.25) is 0 Å². The van der Waals surface area contributed by atoms with Crippen molar-refractivity contribution in [2.45, 2.75) is 18.4 Å². The number of nitrogens with two attached hydrogens (primary N) is 1. The van der Waals surface area contributed by atoms with E-state index in [0.717, 1.165) is 16.1 Å². The largest absolute Gasteiger partial charge is 0.396 e. The van der Waals surface area contributed by atoms with E-state index in [1.54, 1.807) is 6.07 Å². The maximum atomic E-state index is 13.5. The highest BCUT2D eigenvalue weighted by molar-refractivity contribution is 9.10. The Kier molecular flexibility index (Phi) is 4.65. The fraction of sp³-hybridized carbons (Fsp3) is 0.143. The summed E-state index contributed by atoms with van der Waals surface area (Å²) < 4.78 is 41.2. The van der Waals surface area contributed by atoms with E-state index in [0.29, 0.717) is 0 Å². The third kappa shape index (κ3) is 3.61. The van der Waals surface area contributed by atoms with Gasteiger partial charge in [-0.05, 0) is 36.2 Å². The van der Waals surface area contributed by atoms with E-state index < -0.39 is 15.8 Å². The van der Waals surface area contributed by atoms with Gasteiger partial charge in [0.05, 0.1) is 10.6 Å². The molecule has 112 valence electrons. The van der Waals surface area contributed by atoms with E-state index >= 15 is 0 Å². The highest BCUT2D eigenvalue weighted by Gasteiger charge is 2.17. The molecule has 7 heteroatoms. The zero-order chi connectivity index (χ0) is 15.6. The minimum atomic E-state index is -3.75. The first-order valence-corrected chi connectivity index (χ1v) is 8.37. The number of sulfonamides is 1. The molecule has 0 spiro atoms. The van der Waals surface area contributed by atoms with Crippen LogP contribution in [0.1, 0.15) is 11.1 Å². The molecule has 0 unspecified atom stereocenters. The Morgan fingerprint density at radius 3 is 2.57 bits per heavy atom. The number of nitrogen functional groups attached to an aromatic ring is 1. The molecular formula is C14H14BrFN2O2S. The maximum Gasteiger partial charge on any atom is 0.240 e. The molecule has 0 bridgehead atoms. The predicted molar refractivity (Wildman–Crippen MR) is 83.7 cm³/mol. The molecule has 4 nitrogen and oxygen atoms in total. The molecule has 0 aliphatic rings. The number of benzene rings is 2. The summed E-state index contributed by atoms with van der Waals surface area (Å²) in [5.41, 5.74) is 6.28. The van der Waals surface area contributed by atoms with Gasteiger partial charge in [-0.15, -0.1) is 0 Å². The number of nitrogens with one attached hydrogen (secondary N) is 1. The Hall–Kier alpha value is -1.44. The van der Waals surface area contributed by atoms with Crippen LogP contribution in [0, 0.1) is 12.7 Å². The van der Waals surface area contributed by atoms with Gasteiger partial charge < -0.3 is 5.73 Å². The number of anilines is 1. The Morgan fingerprint density at radius 2 is 1.95 bits per heavy atom. The van der Waals surface area contributed by atoms with Crippen LogP contribution < -0.4 is 10.5 Å². The van der Waals surface area contributed by atoms with Crippen molar-refractivity contribution in [3.63, 3.8) is 0 Å². The highest BCUT2D eigenvalue weighted by Crippen LogP contribution is 2.21. The molecular weight excluding hydrogens is 359 g/mol. The van der Waals surface area contributed by atoms with E-state index in [1.807, 2.05) is 18.2 Å². The number of hydrogen-bond donors (Lipinski definition) is 2. The van der Waals surface area contributed by atoms with Crippen molar-refractivity contribution in [1.29, 1.82) is 0 Å². The van der Waals surface area contributed by atoms with Gasteiger partial charge in [-0.25, -0.2) is 17.5 Å². The molecule has 0 aliphatic carbocycles. The van der Waals surface area contributed by atoms with E-state index in [2.05, 4.69) is 20.7 Å². The minimum Gasteiger partial charge on any atom is -0.396 e. The molecule has 2 aromatic carbocycles. The summed E-state index contributed by atoms with van der Waals surface area (Å²) in [4.78, 5) is -0.0500. The summed E-state index contributed by atoms with van der Waals surface area (Å²) in [6.45, 7) is 1.60. The first kappa shape index (κ1) is 15.9. The summed E-state index contributed by atoms with van der Waals surface area (Å²) in [6.07, 6.45) is 0. The molecule has 0 radical (unpaired) electrons. The molecule has 0 saturated heterocycles. The highest BCUT2D eigenvalue weighted by atomic mass is 79.9. The lowest BCUT2D eigenvalue weighted by Gasteiger charge is -2.10. The Balaban J connectivity index is 2.25. The first-order chi connectivity index (χ1) is 9.81. The molecule has 2 aromatic rings. The number of rotatable bonds is 4. The van der Waals surface area contributed by atoms with Crippen molar-refractivity contribution >= 4 is 31.6 Å². The second-order valence-electron chi connectivity index (χ2n) is 4.56. The van der Waals surface area contributed by atoms with Crippen molar-refractivity contribution in [2.75, 3.05) is 5.73 Å². The van der Waals surface area contributed by atoms with Crippen LogP contribution >= 0.6 is 15.9 Å². The van der Waals surface area contributed by atoms with E-state index in [-0.39, 0.29) is 22.7 Å². The number of halogens is 2. The van der Waals surface area contributed by atoms with E-state index in [4.69, 9.17) is 5.73 Å². The van der Waals surface area contributed by atoms with Crippen molar-refractivity contribution in [2.24, 2.45) is 0 Å². The zero-order valence-electron chi connectivity index (χ0n) is 11.2. The minimum absolute atomic E-state index is 0.0500. The van der Waals surface area contributed by atoms with Crippen molar-refractivity contribution in [1.82, 2.24) is 4.72 Å². The fourth-order valence-electron chi connectivity index (χ4n) is 1.82. The van der Waals surface area contributed by atoms with Gasteiger partial charge in [0.1, 0.15) is 5.82 Å². The molecule has 0 aromatic heterocycles. The monoisotopic (exact) mass is 372 g/mol. The summed E-state index contributed by atoms with van der Waals surface area (Å²) in [5.74, 6) is -0.597. The van der Waals surface area contributed by atoms with Crippen LogP contribution in [0.4, 0.5) is 10.1 Å². The van der Waals surface area contributed by atoms with Crippen LogP contribution in [0.2, 0.25) is 0 Å². The molecule has 3 N–H and O–H groups in total. The van der Waals surface area contributed by atoms with Crippen LogP contribution in [-0.2, 0) is 16.6 Å². The third-order valence-corrected chi connectivity index (χ3v) is 5.13. The molecule has 21 heavy (non-hydrogen) atoms. The standard InChI is InChI=1S/C14H14BrFN2O2S/c1-9-6-11(7-13(17)14(9)16)21(19,20)18-8-10-4-2-3-5-12(10)15/h2-7,18H,8,17H2,1H3. The summed E-state index contributed by atoms with van der Waals surface area (Å²) in [7, 11) is -3.75. The average Bonchev–Trinajstić information content (AvgIpc) is 2.43. The Morgan fingerprint density at radius 1 is 1.29 bits per heavy atom. The lowest BCUT2D eigenvalue weighted by atomic mass is 10.2. The molecule has 2 rings (SSSR count). The lowest BCUT2D eigenvalue weighted by Crippen LogP contribution is -2.23. The molecule has 0 amide bonds. The fourth-order valence-corrected chi connectivity index (χ4v) is 3.37. The van der Waals surface area contributed by atoms with Crippen molar-refractivity contribution in [3.8, 4) is 0 Å². The van der Waals surface area contributed by atoms with Gasteiger partial charge in [0.2, 0.25) is 10.0 Å². The number of hydrogen-bond acceptors (Lipinski definition) is 3. The van der Waals surface area contributed by atoms with E-state index in [9.17, 15) is 12.8 Å². The van der Waals surface area contributed by atoms with Crippen molar-refractivity contribution < 1.29 is 12.8 Å².